The maximum Gasteiger partial charge on any atom is 0.274 e. The summed E-state index contributed by atoms with van der Waals surface area (Å²) in [4.78, 5) is 10.6. The third-order valence-electron chi connectivity index (χ3n) is 3.30. The summed E-state index contributed by atoms with van der Waals surface area (Å²) in [5.41, 5.74) is 2.52. The molecule has 0 amide bonds. The Labute approximate surface area is 117 Å². The molecule has 0 bridgehead atoms. The normalized spacial score (nSPS) is 12.2. The molecule has 106 valence electrons. The predicted molar refractivity (Wildman–Crippen MR) is 78.1 cm³/mol. The SMILES string of the molecule is Cc1ccc(C(C)Nc2cc([N+](=O)[O-])c(C)cc2C)o1. The summed E-state index contributed by atoms with van der Waals surface area (Å²) in [6.07, 6.45) is 0. The summed E-state index contributed by atoms with van der Waals surface area (Å²) in [6, 6.07) is 7.16. The monoisotopic (exact) mass is 274 g/mol. The predicted octanol–water partition coefficient (Wildman–Crippen LogP) is 4.29. The number of nitro benzene ring substituents is 1. The van der Waals surface area contributed by atoms with Crippen LogP contribution in [0.15, 0.2) is 28.7 Å². The minimum atomic E-state index is -0.359. The zero-order chi connectivity index (χ0) is 14.9. The largest absolute Gasteiger partial charge is 0.464 e. The minimum Gasteiger partial charge on any atom is -0.464 e. The molecule has 2 aromatic rings. The Hall–Kier alpha value is -2.30. The average molecular weight is 274 g/mol. The maximum atomic E-state index is 11.0. The van der Waals surface area contributed by atoms with Crippen LogP contribution in [-0.2, 0) is 0 Å². The molecule has 0 radical (unpaired) electrons. The molecule has 1 heterocycles. The van der Waals surface area contributed by atoms with E-state index in [1.807, 2.05) is 39.0 Å². The lowest BCUT2D eigenvalue weighted by atomic mass is 10.1. The first-order valence-corrected chi connectivity index (χ1v) is 6.47. The molecule has 5 heteroatoms. The Morgan fingerprint density at radius 1 is 1.20 bits per heavy atom. The number of anilines is 1. The Morgan fingerprint density at radius 3 is 2.45 bits per heavy atom. The van der Waals surface area contributed by atoms with Crippen molar-refractivity contribution in [3.63, 3.8) is 0 Å². The molecule has 0 aliphatic carbocycles. The van der Waals surface area contributed by atoms with E-state index in [9.17, 15) is 10.1 Å². The lowest BCUT2D eigenvalue weighted by Crippen LogP contribution is -2.07. The number of hydrogen-bond donors (Lipinski definition) is 1. The molecular weight excluding hydrogens is 256 g/mol. The first kappa shape index (κ1) is 14.1. The summed E-state index contributed by atoms with van der Waals surface area (Å²) in [7, 11) is 0. The number of nitrogens with one attached hydrogen (secondary N) is 1. The van der Waals surface area contributed by atoms with Crippen LogP contribution < -0.4 is 5.32 Å². The first-order chi connectivity index (χ1) is 9.38. The van der Waals surface area contributed by atoms with Crippen LogP contribution in [0.4, 0.5) is 11.4 Å². The molecule has 0 fully saturated rings. The lowest BCUT2D eigenvalue weighted by Gasteiger charge is -2.15. The highest BCUT2D eigenvalue weighted by Crippen LogP contribution is 2.29. The lowest BCUT2D eigenvalue weighted by molar-refractivity contribution is -0.385. The standard InChI is InChI=1S/C15H18N2O3/c1-9-7-10(2)14(17(18)19)8-13(9)16-12(4)15-6-5-11(3)20-15/h5-8,12,16H,1-4H3. The Bertz CT molecular complexity index is 647. The van der Waals surface area contributed by atoms with E-state index in [4.69, 9.17) is 4.42 Å². The molecule has 1 aromatic heterocycles. The van der Waals surface area contributed by atoms with Crippen LogP contribution in [0.2, 0.25) is 0 Å². The number of furan rings is 1. The smallest absolute Gasteiger partial charge is 0.274 e. The molecule has 1 unspecified atom stereocenters. The van der Waals surface area contributed by atoms with Gasteiger partial charge in [0, 0.05) is 17.3 Å². The van der Waals surface area contributed by atoms with Crippen molar-refractivity contribution in [1.29, 1.82) is 0 Å². The quantitative estimate of drug-likeness (QED) is 0.667. The van der Waals surface area contributed by atoms with Crippen molar-refractivity contribution in [2.24, 2.45) is 0 Å². The minimum absolute atomic E-state index is 0.0512. The zero-order valence-corrected chi connectivity index (χ0v) is 12.1. The van der Waals surface area contributed by atoms with Crippen LogP contribution in [0.1, 0.15) is 35.6 Å². The molecule has 0 saturated carbocycles. The van der Waals surface area contributed by atoms with Crippen molar-refractivity contribution >= 4 is 11.4 Å². The summed E-state index contributed by atoms with van der Waals surface area (Å²) in [5, 5.41) is 14.3. The highest BCUT2D eigenvalue weighted by molar-refractivity contribution is 5.60. The van der Waals surface area contributed by atoms with Crippen LogP contribution >= 0.6 is 0 Å². The van der Waals surface area contributed by atoms with Crippen molar-refractivity contribution in [2.75, 3.05) is 5.32 Å². The van der Waals surface area contributed by atoms with Gasteiger partial charge in [0.25, 0.3) is 5.69 Å². The first-order valence-electron chi connectivity index (χ1n) is 6.47. The van der Waals surface area contributed by atoms with Gasteiger partial charge in [0.2, 0.25) is 0 Å². The molecule has 0 aliphatic heterocycles. The molecule has 2 rings (SSSR count). The Morgan fingerprint density at radius 2 is 1.90 bits per heavy atom. The summed E-state index contributed by atoms with van der Waals surface area (Å²) in [6.45, 7) is 7.52. The van der Waals surface area contributed by atoms with Gasteiger partial charge in [0.1, 0.15) is 11.5 Å². The topological polar surface area (TPSA) is 68.3 Å². The van der Waals surface area contributed by atoms with Gasteiger partial charge in [0.05, 0.1) is 11.0 Å². The van der Waals surface area contributed by atoms with Gasteiger partial charge >= 0.3 is 0 Å². The van der Waals surface area contributed by atoms with E-state index in [0.717, 1.165) is 22.8 Å². The van der Waals surface area contributed by atoms with Gasteiger partial charge in [-0.15, -0.1) is 0 Å². The van der Waals surface area contributed by atoms with Crippen molar-refractivity contribution in [3.8, 4) is 0 Å². The Kier molecular flexibility index (Phi) is 3.79. The molecule has 5 nitrogen and oxygen atoms in total. The van der Waals surface area contributed by atoms with Crippen molar-refractivity contribution in [3.05, 3.63) is 57.0 Å². The fourth-order valence-electron chi connectivity index (χ4n) is 2.18. The second-order valence-electron chi connectivity index (χ2n) is 5.03. The molecular formula is C15H18N2O3. The molecule has 0 saturated heterocycles. The number of nitro groups is 1. The summed E-state index contributed by atoms with van der Waals surface area (Å²) in [5.74, 6) is 1.66. The van der Waals surface area contributed by atoms with Crippen molar-refractivity contribution in [2.45, 2.75) is 33.7 Å². The third kappa shape index (κ3) is 2.82. The highest BCUT2D eigenvalue weighted by atomic mass is 16.6. The van der Waals surface area contributed by atoms with E-state index in [0.29, 0.717) is 5.56 Å². The number of nitrogens with zero attached hydrogens (tertiary/aromatic N) is 1. The van der Waals surface area contributed by atoms with E-state index >= 15 is 0 Å². The molecule has 0 aliphatic rings. The highest BCUT2D eigenvalue weighted by Gasteiger charge is 2.16. The van der Waals surface area contributed by atoms with Crippen LogP contribution in [0.3, 0.4) is 0 Å². The molecule has 1 N–H and O–H groups in total. The second-order valence-corrected chi connectivity index (χ2v) is 5.03. The fraction of sp³-hybridized carbons (Fsp3) is 0.333. The summed E-state index contributed by atoms with van der Waals surface area (Å²) < 4.78 is 5.56. The van der Waals surface area contributed by atoms with E-state index in [1.54, 1.807) is 13.0 Å². The van der Waals surface area contributed by atoms with Crippen LogP contribution in [-0.4, -0.2) is 4.92 Å². The third-order valence-corrected chi connectivity index (χ3v) is 3.30. The van der Waals surface area contributed by atoms with Gasteiger partial charge in [-0.1, -0.05) is 0 Å². The van der Waals surface area contributed by atoms with Gasteiger partial charge < -0.3 is 9.73 Å². The molecule has 20 heavy (non-hydrogen) atoms. The fourth-order valence-corrected chi connectivity index (χ4v) is 2.18. The van der Waals surface area contributed by atoms with Gasteiger partial charge in [-0.25, -0.2) is 0 Å². The summed E-state index contributed by atoms with van der Waals surface area (Å²) >= 11 is 0. The maximum absolute atomic E-state index is 11.0. The zero-order valence-electron chi connectivity index (χ0n) is 12.1. The second kappa shape index (κ2) is 5.36. The van der Waals surface area contributed by atoms with Gasteiger partial charge in [-0.3, -0.25) is 10.1 Å². The van der Waals surface area contributed by atoms with E-state index in [1.165, 1.54) is 0 Å². The number of rotatable bonds is 4. The van der Waals surface area contributed by atoms with E-state index in [-0.39, 0.29) is 16.7 Å². The molecule has 1 atom stereocenters. The Balaban J connectivity index is 2.29. The van der Waals surface area contributed by atoms with Crippen molar-refractivity contribution in [1.82, 2.24) is 0 Å². The number of hydrogen-bond acceptors (Lipinski definition) is 4. The van der Waals surface area contributed by atoms with Crippen LogP contribution in [0.5, 0.6) is 0 Å². The van der Waals surface area contributed by atoms with E-state index in [2.05, 4.69) is 5.32 Å². The van der Waals surface area contributed by atoms with Crippen LogP contribution in [0, 0.1) is 30.9 Å². The number of aryl methyl sites for hydroxylation is 3. The number of benzene rings is 1. The van der Waals surface area contributed by atoms with Gasteiger partial charge in [0.15, 0.2) is 0 Å². The van der Waals surface area contributed by atoms with Gasteiger partial charge in [-0.05, 0) is 51.5 Å². The molecule has 0 spiro atoms. The average Bonchev–Trinajstić information content (AvgIpc) is 2.79. The van der Waals surface area contributed by atoms with E-state index < -0.39 is 0 Å². The van der Waals surface area contributed by atoms with Crippen LogP contribution in [0.25, 0.3) is 0 Å². The molecule has 1 aromatic carbocycles. The van der Waals surface area contributed by atoms with Crippen molar-refractivity contribution < 1.29 is 9.34 Å². The van der Waals surface area contributed by atoms with Gasteiger partial charge in [-0.2, -0.15) is 0 Å².